The number of para-hydroxylation sites is 1. The van der Waals surface area contributed by atoms with Gasteiger partial charge in [0, 0.05) is 29.5 Å². The van der Waals surface area contributed by atoms with Gasteiger partial charge in [0.15, 0.2) is 0 Å². The van der Waals surface area contributed by atoms with Gasteiger partial charge in [-0.05, 0) is 35.4 Å². The van der Waals surface area contributed by atoms with Crippen LogP contribution in [-0.2, 0) is 12.6 Å². The summed E-state index contributed by atoms with van der Waals surface area (Å²) in [6, 6.07) is 21.6. The highest BCUT2D eigenvalue weighted by molar-refractivity contribution is 5.98. The number of carbonyl (C=O) groups excluding carboxylic acids is 1. The summed E-state index contributed by atoms with van der Waals surface area (Å²) < 4.78 is 45.1. The predicted molar refractivity (Wildman–Crippen MR) is 118 cm³/mol. The van der Waals surface area contributed by atoms with Crippen LogP contribution < -0.4 is 5.32 Å². The largest absolute Gasteiger partial charge is 0.460 e. The van der Waals surface area contributed by atoms with E-state index >= 15 is 0 Å². The molecule has 0 saturated carbocycles. The molecule has 4 nitrogen and oxygen atoms in total. The maximum absolute atomic E-state index is 13.0. The van der Waals surface area contributed by atoms with Gasteiger partial charge in [0.05, 0.1) is 18.1 Å². The van der Waals surface area contributed by atoms with Crippen LogP contribution >= 0.6 is 0 Å². The Morgan fingerprint density at radius 2 is 1.79 bits per heavy atom. The fourth-order valence-corrected chi connectivity index (χ4v) is 3.65. The molecule has 1 aromatic heterocycles. The lowest BCUT2D eigenvalue weighted by Crippen LogP contribution is -2.24. The van der Waals surface area contributed by atoms with Crippen molar-refractivity contribution in [2.75, 3.05) is 6.54 Å². The number of amides is 1. The van der Waals surface area contributed by atoms with E-state index in [2.05, 4.69) is 5.32 Å². The zero-order chi connectivity index (χ0) is 23.4. The highest BCUT2D eigenvalue weighted by Gasteiger charge is 2.30. The number of nitrogens with zero attached hydrogens (tertiary/aromatic N) is 1. The van der Waals surface area contributed by atoms with Gasteiger partial charge in [0.2, 0.25) is 0 Å². The maximum Gasteiger partial charge on any atom is 0.416 e. The summed E-state index contributed by atoms with van der Waals surface area (Å²) in [4.78, 5) is 12.3. The number of hydrogen-bond acceptors (Lipinski definition) is 3. The number of halogens is 3. The van der Waals surface area contributed by atoms with Crippen molar-refractivity contribution in [3.05, 3.63) is 95.2 Å². The quantitative estimate of drug-likeness (QED) is 0.350. The number of rotatable bonds is 6. The van der Waals surface area contributed by atoms with Gasteiger partial charge in [0.1, 0.15) is 11.3 Å². The van der Waals surface area contributed by atoms with Crippen LogP contribution in [0.4, 0.5) is 13.2 Å². The van der Waals surface area contributed by atoms with Gasteiger partial charge in [-0.25, -0.2) is 0 Å². The van der Waals surface area contributed by atoms with Crippen molar-refractivity contribution in [2.24, 2.45) is 0 Å². The normalized spacial score (nSPS) is 11.3. The molecule has 0 aliphatic carbocycles. The molecule has 4 aromatic rings. The van der Waals surface area contributed by atoms with Crippen molar-refractivity contribution in [1.82, 2.24) is 5.32 Å². The Labute approximate surface area is 188 Å². The first-order valence-corrected chi connectivity index (χ1v) is 10.3. The maximum atomic E-state index is 13.0. The molecule has 166 valence electrons. The van der Waals surface area contributed by atoms with Gasteiger partial charge >= 0.3 is 6.18 Å². The molecule has 4 rings (SSSR count). The minimum absolute atomic E-state index is 0.222. The molecule has 0 unspecified atom stereocenters. The summed E-state index contributed by atoms with van der Waals surface area (Å²) in [5.74, 6) is 0.270. The Balaban J connectivity index is 1.63. The molecule has 0 radical (unpaired) electrons. The third kappa shape index (κ3) is 5.07. The average Bonchev–Trinajstić information content (AvgIpc) is 3.21. The third-order valence-electron chi connectivity index (χ3n) is 5.19. The summed E-state index contributed by atoms with van der Waals surface area (Å²) in [7, 11) is 0. The van der Waals surface area contributed by atoms with Gasteiger partial charge in [-0.15, -0.1) is 0 Å². The monoisotopic (exact) mass is 448 g/mol. The van der Waals surface area contributed by atoms with E-state index in [4.69, 9.17) is 9.68 Å². The minimum Gasteiger partial charge on any atom is -0.460 e. The topological polar surface area (TPSA) is 66.0 Å². The fourth-order valence-electron chi connectivity index (χ4n) is 3.65. The zero-order valence-corrected chi connectivity index (χ0v) is 17.4. The summed E-state index contributed by atoms with van der Waals surface area (Å²) in [6.45, 7) is 0.270. The molecule has 0 fully saturated rings. The van der Waals surface area contributed by atoms with Gasteiger partial charge in [-0.1, -0.05) is 48.5 Å². The van der Waals surface area contributed by atoms with Gasteiger partial charge in [-0.2, -0.15) is 18.4 Å². The Morgan fingerprint density at radius 3 is 2.58 bits per heavy atom. The number of nitrogens with one attached hydrogen (secondary N) is 1. The molecule has 0 aliphatic heterocycles. The smallest absolute Gasteiger partial charge is 0.416 e. The van der Waals surface area contributed by atoms with Crippen molar-refractivity contribution in [3.63, 3.8) is 0 Å². The van der Waals surface area contributed by atoms with Crippen molar-refractivity contribution >= 4 is 16.9 Å². The Morgan fingerprint density at radius 1 is 1.00 bits per heavy atom. The molecule has 0 bridgehead atoms. The summed E-state index contributed by atoms with van der Waals surface area (Å²) in [6.07, 6.45) is -3.95. The lowest BCUT2D eigenvalue weighted by Gasteiger charge is -2.08. The highest BCUT2D eigenvalue weighted by Crippen LogP contribution is 2.33. The Hall–Kier alpha value is -4.05. The second kappa shape index (κ2) is 9.21. The lowest BCUT2D eigenvalue weighted by atomic mass is 10.0. The first kappa shape index (κ1) is 22.2. The fraction of sp³-hybridized carbons (Fsp3) is 0.154. The SMILES string of the molecule is N#CCCNC(=O)c1cccc(-c2cccc3cc(Cc4cccc(C(F)(F)F)c4)oc23)c1. The number of carbonyl (C=O) groups is 1. The van der Waals surface area contributed by atoms with E-state index in [0.29, 0.717) is 22.5 Å². The van der Waals surface area contributed by atoms with E-state index in [1.54, 1.807) is 24.3 Å². The minimum atomic E-state index is -4.40. The van der Waals surface area contributed by atoms with Crippen LogP contribution in [0.1, 0.15) is 33.7 Å². The third-order valence-corrected chi connectivity index (χ3v) is 5.19. The van der Waals surface area contributed by atoms with Crippen LogP contribution in [0.2, 0.25) is 0 Å². The van der Waals surface area contributed by atoms with Gasteiger partial charge < -0.3 is 9.73 Å². The molecule has 1 amide bonds. The van der Waals surface area contributed by atoms with Crippen molar-refractivity contribution in [1.29, 1.82) is 5.26 Å². The van der Waals surface area contributed by atoms with Crippen molar-refractivity contribution < 1.29 is 22.4 Å². The molecule has 3 aromatic carbocycles. The van der Waals surface area contributed by atoms with Crippen molar-refractivity contribution in [3.8, 4) is 17.2 Å². The predicted octanol–water partition coefficient (Wildman–Crippen LogP) is 6.35. The summed E-state index contributed by atoms with van der Waals surface area (Å²) in [5, 5.41) is 12.1. The number of hydrogen-bond donors (Lipinski definition) is 1. The van der Waals surface area contributed by atoms with Crippen LogP contribution in [0, 0.1) is 11.3 Å². The molecule has 1 N–H and O–H groups in total. The van der Waals surface area contributed by atoms with Gasteiger partial charge in [-0.3, -0.25) is 4.79 Å². The molecule has 0 aliphatic rings. The number of benzene rings is 3. The van der Waals surface area contributed by atoms with E-state index in [-0.39, 0.29) is 25.3 Å². The first-order valence-electron chi connectivity index (χ1n) is 10.3. The molecule has 0 spiro atoms. The Bertz CT molecular complexity index is 1350. The molecule has 7 heteroatoms. The number of fused-ring (bicyclic) bond motifs is 1. The summed E-state index contributed by atoms with van der Waals surface area (Å²) >= 11 is 0. The average molecular weight is 448 g/mol. The molecule has 0 atom stereocenters. The molecule has 33 heavy (non-hydrogen) atoms. The van der Waals surface area contributed by atoms with Crippen LogP contribution in [0.3, 0.4) is 0 Å². The van der Waals surface area contributed by atoms with Crippen LogP contribution in [0.15, 0.2) is 77.2 Å². The van der Waals surface area contributed by atoms with E-state index < -0.39 is 11.7 Å². The van der Waals surface area contributed by atoms with Crippen molar-refractivity contribution in [2.45, 2.75) is 19.0 Å². The van der Waals surface area contributed by atoms with E-state index in [9.17, 15) is 18.0 Å². The number of alkyl halides is 3. The first-order chi connectivity index (χ1) is 15.8. The Kier molecular flexibility index (Phi) is 6.18. The molecule has 0 saturated heterocycles. The lowest BCUT2D eigenvalue weighted by molar-refractivity contribution is -0.137. The second-order valence-electron chi connectivity index (χ2n) is 7.56. The summed E-state index contributed by atoms with van der Waals surface area (Å²) in [5.41, 5.74) is 2.41. The number of nitriles is 1. The molecular formula is C26H19F3N2O2. The van der Waals surface area contributed by atoms with E-state index in [1.807, 2.05) is 36.4 Å². The number of furan rings is 1. The zero-order valence-electron chi connectivity index (χ0n) is 17.4. The standard InChI is InChI=1S/C26H19F3N2O2/c27-26(28,29)21-9-1-5-17(13-21)14-22-16-19-7-3-10-23(24(19)33-22)18-6-2-8-20(15-18)25(32)31-12-4-11-30/h1-3,5-10,13,15-16H,4,12,14H2,(H,31,32). The van der Waals surface area contributed by atoms with Crippen LogP contribution in [-0.4, -0.2) is 12.5 Å². The van der Waals surface area contributed by atoms with Crippen LogP contribution in [0.5, 0.6) is 0 Å². The highest BCUT2D eigenvalue weighted by atomic mass is 19.4. The van der Waals surface area contributed by atoms with E-state index in [0.717, 1.165) is 28.6 Å². The van der Waals surface area contributed by atoms with E-state index in [1.165, 1.54) is 6.07 Å². The van der Waals surface area contributed by atoms with Gasteiger partial charge in [0.25, 0.3) is 5.91 Å². The van der Waals surface area contributed by atoms with Crippen LogP contribution in [0.25, 0.3) is 22.1 Å². The second-order valence-corrected chi connectivity index (χ2v) is 7.56. The molecular weight excluding hydrogens is 429 g/mol. The molecule has 1 heterocycles.